The van der Waals surface area contributed by atoms with E-state index in [-0.39, 0.29) is 11.0 Å². The molecule has 2 aromatic rings. The van der Waals surface area contributed by atoms with E-state index in [1.165, 1.54) is 12.1 Å². The van der Waals surface area contributed by atoms with E-state index in [0.717, 1.165) is 11.1 Å². The Balaban J connectivity index is 2.35. The van der Waals surface area contributed by atoms with Crippen LogP contribution in [0.3, 0.4) is 0 Å². The molecule has 0 saturated heterocycles. The molecule has 0 radical (unpaired) electrons. The molecule has 0 spiro atoms. The number of nitriles is 1. The molecule has 2 aromatic carbocycles. The third kappa shape index (κ3) is 3.41. The van der Waals surface area contributed by atoms with Crippen molar-refractivity contribution < 1.29 is 9.13 Å². The molecule has 0 atom stereocenters. The monoisotopic (exact) mass is 283 g/mol. The van der Waals surface area contributed by atoms with Gasteiger partial charge < -0.3 is 4.74 Å². The minimum Gasteiger partial charge on any atom is -0.457 e. The highest BCUT2D eigenvalue weighted by molar-refractivity contribution is 5.43. The minimum absolute atomic E-state index is 0.0156. The van der Waals surface area contributed by atoms with Crippen LogP contribution in [-0.4, -0.2) is 0 Å². The van der Waals surface area contributed by atoms with Gasteiger partial charge in [-0.2, -0.15) is 5.26 Å². The van der Waals surface area contributed by atoms with Crippen LogP contribution in [0.15, 0.2) is 36.4 Å². The third-order valence-electron chi connectivity index (χ3n) is 3.34. The van der Waals surface area contributed by atoms with Crippen LogP contribution in [0, 0.1) is 24.1 Å². The molecule has 0 aliphatic rings. The summed E-state index contributed by atoms with van der Waals surface area (Å²) in [6.45, 7) is 8.33. The van der Waals surface area contributed by atoms with Gasteiger partial charge in [-0.25, -0.2) is 4.39 Å². The molecule has 0 aliphatic heterocycles. The molecule has 21 heavy (non-hydrogen) atoms. The van der Waals surface area contributed by atoms with Crippen LogP contribution < -0.4 is 4.74 Å². The Morgan fingerprint density at radius 1 is 1.10 bits per heavy atom. The number of nitrogens with zero attached hydrogens (tertiary/aromatic N) is 1. The molecule has 0 saturated carbocycles. The molecule has 108 valence electrons. The molecule has 0 bridgehead atoms. The molecule has 0 heterocycles. The van der Waals surface area contributed by atoms with E-state index in [1.807, 2.05) is 19.1 Å². The lowest BCUT2D eigenvalue weighted by atomic mass is 9.86. The first-order valence-corrected chi connectivity index (χ1v) is 6.80. The van der Waals surface area contributed by atoms with E-state index in [0.29, 0.717) is 11.5 Å². The summed E-state index contributed by atoms with van der Waals surface area (Å²) in [4.78, 5) is 0. The van der Waals surface area contributed by atoms with Gasteiger partial charge in [0.1, 0.15) is 23.4 Å². The van der Waals surface area contributed by atoms with Crippen molar-refractivity contribution in [3.63, 3.8) is 0 Å². The minimum atomic E-state index is -0.570. The smallest absolute Gasteiger partial charge is 0.144 e. The zero-order chi connectivity index (χ0) is 15.6. The van der Waals surface area contributed by atoms with Crippen molar-refractivity contribution in [1.29, 1.82) is 5.26 Å². The Kier molecular flexibility index (Phi) is 3.99. The summed E-state index contributed by atoms with van der Waals surface area (Å²) in [6, 6.07) is 12.1. The van der Waals surface area contributed by atoms with Gasteiger partial charge in [0.15, 0.2) is 0 Å². The first-order valence-electron chi connectivity index (χ1n) is 6.80. The van der Waals surface area contributed by atoms with Crippen molar-refractivity contribution in [2.75, 3.05) is 0 Å². The van der Waals surface area contributed by atoms with Crippen LogP contribution in [-0.2, 0) is 5.41 Å². The molecule has 3 heteroatoms. The summed E-state index contributed by atoms with van der Waals surface area (Å²) >= 11 is 0. The van der Waals surface area contributed by atoms with Crippen molar-refractivity contribution >= 4 is 0 Å². The van der Waals surface area contributed by atoms with Crippen LogP contribution in [0.5, 0.6) is 11.5 Å². The Morgan fingerprint density at radius 3 is 2.38 bits per heavy atom. The van der Waals surface area contributed by atoms with Gasteiger partial charge >= 0.3 is 0 Å². The number of hydrogen-bond donors (Lipinski definition) is 0. The lowest BCUT2D eigenvalue weighted by Crippen LogP contribution is -2.11. The van der Waals surface area contributed by atoms with E-state index in [4.69, 9.17) is 10.00 Å². The highest BCUT2D eigenvalue weighted by Crippen LogP contribution is 2.31. The first-order chi connectivity index (χ1) is 9.81. The SMILES string of the molecule is Cc1ccc(C(C)(C)C)cc1Oc1ccc(C#N)c(F)c1. The lowest BCUT2D eigenvalue weighted by molar-refractivity contribution is 0.469. The van der Waals surface area contributed by atoms with Gasteiger partial charge in [0.25, 0.3) is 0 Å². The largest absolute Gasteiger partial charge is 0.457 e. The summed E-state index contributed by atoms with van der Waals surface area (Å²) < 4.78 is 19.4. The zero-order valence-corrected chi connectivity index (χ0v) is 12.7. The number of aryl methyl sites for hydroxylation is 1. The molecule has 0 fully saturated rings. The van der Waals surface area contributed by atoms with E-state index in [2.05, 4.69) is 26.8 Å². The van der Waals surface area contributed by atoms with Crippen LogP contribution in [0.2, 0.25) is 0 Å². The number of halogens is 1. The van der Waals surface area contributed by atoms with Gasteiger partial charge in [0.05, 0.1) is 5.56 Å². The van der Waals surface area contributed by atoms with Crippen molar-refractivity contribution in [3.05, 3.63) is 58.9 Å². The van der Waals surface area contributed by atoms with Crippen molar-refractivity contribution in [1.82, 2.24) is 0 Å². The van der Waals surface area contributed by atoms with Crippen LogP contribution >= 0.6 is 0 Å². The number of hydrogen-bond acceptors (Lipinski definition) is 2. The molecular formula is C18H18FNO. The summed E-state index contributed by atoms with van der Waals surface area (Å²) in [7, 11) is 0. The predicted octanol–water partition coefficient (Wildman–Crippen LogP) is 5.10. The van der Waals surface area contributed by atoms with Gasteiger partial charge in [0.2, 0.25) is 0 Å². The number of benzene rings is 2. The summed E-state index contributed by atoms with van der Waals surface area (Å²) in [6.07, 6.45) is 0. The van der Waals surface area contributed by atoms with E-state index >= 15 is 0 Å². The molecule has 0 aliphatic carbocycles. The van der Waals surface area contributed by atoms with Gasteiger partial charge in [-0.15, -0.1) is 0 Å². The van der Waals surface area contributed by atoms with Crippen LogP contribution in [0.25, 0.3) is 0 Å². The average molecular weight is 283 g/mol. The van der Waals surface area contributed by atoms with Gasteiger partial charge in [-0.3, -0.25) is 0 Å². The molecule has 0 aromatic heterocycles. The maximum absolute atomic E-state index is 13.6. The molecule has 0 unspecified atom stereocenters. The Morgan fingerprint density at radius 2 is 1.81 bits per heavy atom. The van der Waals surface area contributed by atoms with Crippen molar-refractivity contribution in [3.8, 4) is 17.6 Å². The summed E-state index contributed by atoms with van der Waals surface area (Å²) in [5.41, 5.74) is 2.16. The Bertz CT molecular complexity index is 708. The number of rotatable bonds is 2. The maximum Gasteiger partial charge on any atom is 0.144 e. The van der Waals surface area contributed by atoms with Crippen LogP contribution in [0.1, 0.15) is 37.5 Å². The second kappa shape index (κ2) is 5.57. The maximum atomic E-state index is 13.6. The average Bonchev–Trinajstić information content (AvgIpc) is 2.40. The van der Waals surface area contributed by atoms with Crippen molar-refractivity contribution in [2.45, 2.75) is 33.1 Å². The Labute approximate surface area is 124 Å². The topological polar surface area (TPSA) is 33.0 Å². The Hall–Kier alpha value is -2.34. The molecular weight excluding hydrogens is 265 g/mol. The normalized spacial score (nSPS) is 11.0. The highest BCUT2D eigenvalue weighted by atomic mass is 19.1. The van der Waals surface area contributed by atoms with Gasteiger partial charge in [0, 0.05) is 6.07 Å². The first kappa shape index (κ1) is 15.1. The van der Waals surface area contributed by atoms with E-state index in [9.17, 15) is 4.39 Å². The molecule has 2 rings (SSSR count). The molecule has 2 nitrogen and oxygen atoms in total. The van der Waals surface area contributed by atoms with Crippen molar-refractivity contribution in [2.24, 2.45) is 0 Å². The second-order valence-corrected chi connectivity index (χ2v) is 6.09. The number of ether oxygens (including phenoxy) is 1. The van der Waals surface area contributed by atoms with Crippen LogP contribution in [0.4, 0.5) is 4.39 Å². The predicted molar refractivity (Wildman–Crippen MR) is 81.1 cm³/mol. The molecule has 0 amide bonds. The van der Waals surface area contributed by atoms with Gasteiger partial charge in [-0.05, 0) is 41.7 Å². The summed E-state index contributed by atoms with van der Waals surface area (Å²) in [5.74, 6) is 0.520. The zero-order valence-electron chi connectivity index (χ0n) is 12.7. The lowest BCUT2D eigenvalue weighted by Gasteiger charge is -2.20. The third-order valence-corrected chi connectivity index (χ3v) is 3.34. The van der Waals surface area contributed by atoms with E-state index in [1.54, 1.807) is 12.1 Å². The van der Waals surface area contributed by atoms with E-state index < -0.39 is 5.82 Å². The second-order valence-electron chi connectivity index (χ2n) is 6.09. The van der Waals surface area contributed by atoms with Gasteiger partial charge in [-0.1, -0.05) is 32.9 Å². The summed E-state index contributed by atoms with van der Waals surface area (Å²) in [5, 5.41) is 8.74. The highest BCUT2D eigenvalue weighted by Gasteiger charge is 2.15. The fourth-order valence-corrected chi connectivity index (χ4v) is 1.95. The fraction of sp³-hybridized carbons (Fsp3) is 0.278. The standard InChI is InChI=1S/C18H18FNO/c1-12-5-7-14(18(2,3)4)9-17(12)21-15-8-6-13(11-20)16(19)10-15/h5-10H,1-4H3. The quantitative estimate of drug-likeness (QED) is 0.768. The fourth-order valence-electron chi connectivity index (χ4n) is 1.95. The molecule has 0 N–H and O–H groups in total.